The molecule has 0 aliphatic carbocycles. The van der Waals surface area contributed by atoms with Crippen LogP contribution in [-0.4, -0.2) is 9.61 Å². The van der Waals surface area contributed by atoms with E-state index in [1.165, 1.54) is 14.9 Å². The molecule has 0 fully saturated rings. The number of hydrogen-bond acceptors (Lipinski definition) is 3. The van der Waals surface area contributed by atoms with Gasteiger partial charge in [0, 0.05) is 34.2 Å². The van der Waals surface area contributed by atoms with Crippen molar-refractivity contribution < 1.29 is 0 Å². The van der Waals surface area contributed by atoms with E-state index in [4.69, 9.17) is 0 Å². The van der Waals surface area contributed by atoms with E-state index in [0.29, 0.717) is 0 Å². The minimum absolute atomic E-state index is 0.831. The zero-order valence-electron chi connectivity index (χ0n) is 9.64. The van der Waals surface area contributed by atoms with Gasteiger partial charge >= 0.3 is 0 Å². The lowest BCUT2D eigenvalue weighted by molar-refractivity contribution is 0.702. The van der Waals surface area contributed by atoms with Crippen LogP contribution >= 0.6 is 27.3 Å². The molecule has 3 nitrogen and oxygen atoms in total. The lowest BCUT2D eigenvalue weighted by atomic mass is 10.2. The van der Waals surface area contributed by atoms with Crippen molar-refractivity contribution in [3.63, 3.8) is 0 Å². The van der Waals surface area contributed by atoms with Gasteiger partial charge in [-0.15, -0.1) is 11.3 Å². The number of nitrogens with zero attached hydrogens (tertiary/aromatic N) is 2. The van der Waals surface area contributed by atoms with Crippen molar-refractivity contribution in [2.24, 2.45) is 0 Å². The second kappa shape index (κ2) is 5.22. The van der Waals surface area contributed by atoms with E-state index in [-0.39, 0.29) is 0 Å². The molecule has 0 unspecified atom stereocenters. The SMILES string of the molecule is Brc1ccsc1CNCc1cnn2ccccc12. The minimum Gasteiger partial charge on any atom is -0.308 e. The molecule has 3 aromatic heterocycles. The summed E-state index contributed by atoms with van der Waals surface area (Å²) in [4.78, 5) is 1.33. The standard InChI is InChI=1S/C13H12BrN3S/c14-11-4-6-18-13(11)9-15-7-10-8-16-17-5-2-1-3-12(10)17/h1-6,8,15H,7,9H2. The van der Waals surface area contributed by atoms with Crippen LogP contribution in [0.2, 0.25) is 0 Å². The molecule has 0 radical (unpaired) electrons. The van der Waals surface area contributed by atoms with Gasteiger partial charge in [0.1, 0.15) is 0 Å². The molecule has 0 saturated carbocycles. The Morgan fingerprint density at radius 3 is 3.06 bits per heavy atom. The Balaban J connectivity index is 1.68. The molecule has 3 rings (SSSR count). The number of pyridine rings is 1. The van der Waals surface area contributed by atoms with Crippen molar-refractivity contribution in [2.45, 2.75) is 13.1 Å². The second-order valence-corrected chi connectivity index (χ2v) is 5.85. The summed E-state index contributed by atoms with van der Waals surface area (Å²) in [5.41, 5.74) is 2.39. The molecule has 0 aromatic carbocycles. The van der Waals surface area contributed by atoms with Crippen LogP contribution < -0.4 is 5.32 Å². The van der Waals surface area contributed by atoms with Crippen LogP contribution in [0, 0.1) is 0 Å². The molecule has 0 saturated heterocycles. The highest BCUT2D eigenvalue weighted by Crippen LogP contribution is 2.22. The molecule has 3 heterocycles. The predicted octanol–water partition coefficient (Wildman–Crippen LogP) is 3.45. The number of nitrogens with one attached hydrogen (secondary N) is 1. The molecular weight excluding hydrogens is 310 g/mol. The Labute approximate surface area is 118 Å². The maximum absolute atomic E-state index is 4.32. The van der Waals surface area contributed by atoms with Crippen molar-refractivity contribution in [2.75, 3.05) is 0 Å². The van der Waals surface area contributed by atoms with E-state index in [9.17, 15) is 0 Å². The molecular formula is C13H12BrN3S. The molecule has 0 spiro atoms. The number of thiophene rings is 1. The van der Waals surface area contributed by atoms with Crippen LogP contribution in [0.3, 0.4) is 0 Å². The third kappa shape index (κ3) is 2.34. The zero-order chi connectivity index (χ0) is 12.4. The highest BCUT2D eigenvalue weighted by molar-refractivity contribution is 9.10. The first-order valence-corrected chi connectivity index (χ1v) is 7.36. The third-order valence-electron chi connectivity index (χ3n) is 2.80. The monoisotopic (exact) mass is 321 g/mol. The maximum atomic E-state index is 4.32. The second-order valence-electron chi connectivity index (χ2n) is 4.00. The summed E-state index contributed by atoms with van der Waals surface area (Å²) in [6, 6.07) is 8.19. The van der Waals surface area contributed by atoms with Gasteiger partial charge in [-0.1, -0.05) is 6.07 Å². The lowest BCUT2D eigenvalue weighted by Crippen LogP contribution is -2.11. The Hall–Kier alpha value is -1.17. The fraction of sp³-hybridized carbons (Fsp3) is 0.154. The Kier molecular flexibility index (Phi) is 3.45. The van der Waals surface area contributed by atoms with Crippen molar-refractivity contribution in [3.05, 3.63) is 57.0 Å². The summed E-state index contributed by atoms with van der Waals surface area (Å²) in [5, 5.41) is 9.87. The average Bonchev–Trinajstić information content (AvgIpc) is 2.97. The molecule has 0 aliphatic rings. The van der Waals surface area contributed by atoms with Gasteiger partial charge in [-0.3, -0.25) is 0 Å². The first kappa shape index (κ1) is 11.9. The summed E-state index contributed by atoms with van der Waals surface area (Å²) >= 11 is 5.30. The van der Waals surface area contributed by atoms with E-state index in [1.54, 1.807) is 11.3 Å². The summed E-state index contributed by atoms with van der Waals surface area (Å²) < 4.78 is 3.08. The van der Waals surface area contributed by atoms with Crippen LogP contribution in [0.5, 0.6) is 0 Å². The van der Waals surface area contributed by atoms with Crippen LogP contribution in [0.15, 0.2) is 46.5 Å². The van der Waals surface area contributed by atoms with Gasteiger partial charge in [0.2, 0.25) is 0 Å². The molecule has 3 aromatic rings. The van der Waals surface area contributed by atoms with Gasteiger partial charge in [-0.05, 0) is 39.5 Å². The minimum atomic E-state index is 0.831. The summed E-state index contributed by atoms with van der Waals surface area (Å²) in [7, 11) is 0. The van der Waals surface area contributed by atoms with Crippen molar-refractivity contribution >= 4 is 32.8 Å². The smallest absolute Gasteiger partial charge is 0.0706 e. The van der Waals surface area contributed by atoms with E-state index in [0.717, 1.165) is 18.6 Å². The van der Waals surface area contributed by atoms with Gasteiger partial charge < -0.3 is 5.32 Å². The fourth-order valence-corrected chi connectivity index (χ4v) is 3.35. The fourth-order valence-electron chi connectivity index (χ4n) is 1.89. The van der Waals surface area contributed by atoms with Gasteiger partial charge in [-0.25, -0.2) is 4.52 Å². The van der Waals surface area contributed by atoms with Gasteiger partial charge in [0.05, 0.1) is 11.7 Å². The quantitative estimate of drug-likeness (QED) is 0.797. The molecule has 1 N–H and O–H groups in total. The normalized spacial score (nSPS) is 11.2. The lowest BCUT2D eigenvalue weighted by Gasteiger charge is -2.02. The van der Waals surface area contributed by atoms with Gasteiger partial charge in [0.15, 0.2) is 0 Å². The highest BCUT2D eigenvalue weighted by atomic mass is 79.9. The van der Waals surface area contributed by atoms with Crippen molar-refractivity contribution in [1.82, 2.24) is 14.9 Å². The van der Waals surface area contributed by atoms with Gasteiger partial charge in [0.25, 0.3) is 0 Å². The summed E-state index contributed by atoms with van der Waals surface area (Å²) in [5.74, 6) is 0. The molecule has 92 valence electrons. The Bertz CT molecular complexity index is 659. The molecule has 0 bridgehead atoms. The van der Waals surface area contributed by atoms with E-state index in [2.05, 4.69) is 43.9 Å². The number of hydrogen-bond donors (Lipinski definition) is 1. The molecule has 0 amide bonds. The van der Waals surface area contributed by atoms with Crippen LogP contribution in [0.25, 0.3) is 5.52 Å². The third-order valence-corrected chi connectivity index (χ3v) is 4.72. The summed E-state index contributed by atoms with van der Waals surface area (Å²) in [6.45, 7) is 1.71. The molecule has 5 heteroatoms. The number of halogens is 1. The number of aromatic nitrogens is 2. The first-order chi connectivity index (χ1) is 8.84. The van der Waals surface area contributed by atoms with Crippen LogP contribution in [0.1, 0.15) is 10.4 Å². The largest absolute Gasteiger partial charge is 0.308 e. The summed E-state index contributed by atoms with van der Waals surface area (Å²) in [6.07, 6.45) is 3.89. The Morgan fingerprint density at radius 2 is 2.22 bits per heavy atom. The van der Waals surface area contributed by atoms with Gasteiger partial charge in [-0.2, -0.15) is 5.10 Å². The van der Waals surface area contributed by atoms with Crippen LogP contribution in [0.4, 0.5) is 0 Å². The van der Waals surface area contributed by atoms with E-state index >= 15 is 0 Å². The van der Waals surface area contributed by atoms with E-state index < -0.39 is 0 Å². The molecule has 0 atom stereocenters. The number of fused-ring (bicyclic) bond motifs is 1. The number of rotatable bonds is 4. The molecule has 0 aliphatic heterocycles. The average molecular weight is 322 g/mol. The predicted molar refractivity (Wildman–Crippen MR) is 77.8 cm³/mol. The Morgan fingerprint density at radius 1 is 1.28 bits per heavy atom. The highest BCUT2D eigenvalue weighted by Gasteiger charge is 2.04. The topological polar surface area (TPSA) is 29.3 Å². The first-order valence-electron chi connectivity index (χ1n) is 5.68. The zero-order valence-corrected chi connectivity index (χ0v) is 12.0. The van der Waals surface area contributed by atoms with Crippen molar-refractivity contribution in [1.29, 1.82) is 0 Å². The van der Waals surface area contributed by atoms with Crippen molar-refractivity contribution in [3.8, 4) is 0 Å². The molecule has 18 heavy (non-hydrogen) atoms. The van der Waals surface area contributed by atoms with E-state index in [1.807, 2.05) is 29.0 Å². The maximum Gasteiger partial charge on any atom is 0.0706 e. The van der Waals surface area contributed by atoms with Crippen LogP contribution in [-0.2, 0) is 13.1 Å².